The number of halogens is 1. The number of nitrogens with zero attached hydrogens (tertiary/aromatic N) is 2. The first-order valence-corrected chi connectivity index (χ1v) is 7.21. The van der Waals surface area contributed by atoms with E-state index in [-0.39, 0.29) is 12.2 Å². The molecule has 0 aliphatic rings. The van der Waals surface area contributed by atoms with Crippen molar-refractivity contribution in [1.82, 2.24) is 9.78 Å². The van der Waals surface area contributed by atoms with Crippen molar-refractivity contribution in [2.45, 2.75) is 19.4 Å². The molecular weight excluding hydrogens is 252 g/mol. The van der Waals surface area contributed by atoms with Crippen LogP contribution in [-0.4, -0.2) is 35.3 Å². The van der Waals surface area contributed by atoms with Crippen LogP contribution >= 0.6 is 11.6 Å². The zero-order valence-corrected chi connectivity index (χ0v) is 11.0. The first-order chi connectivity index (χ1) is 7.22. The molecule has 1 aromatic rings. The molecule has 0 amide bonds. The van der Waals surface area contributed by atoms with Gasteiger partial charge in [0, 0.05) is 18.9 Å². The Morgan fingerprint density at radius 1 is 1.56 bits per heavy atom. The van der Waals surface area contributed by atoms with E-state index in [2.05, 4.69) is 5.10 Å². The van der Waals surface area contributed by atoms with Crippen LogP contribution in [0.5, 0.6) is 0 Å². The number of aryl methyl sites for hydroxylation is 2. The molecule has 1 atom stereocenters. The van der Waals surface area contributed by atoms with Gasteiger partial charge in [0.1, 0.15) is 15.0 Å². The average Bonchev–Trinajstić information content (AvgIpc) is 2.36. The molecule has 1 rings (SSSR count). The van der Waals surface area contributed by atoms with Gasteiger partial charge in [-0.3, -0.25) is 4.68 Å². The maximum Gasteiger partial charge on any atom is 0.147 e. The van der Waals surface area contributed by atoms with Crippen molar-refractivity contribution >= 4 is 21.4 Å². The summed E-state index contributed by atoms with van der Waals surface area (Å²) in [4.78, 5) is 0. The van der Waals surface area contributed by atoms with Crippen LogP contribution < -0.4 is 0 Å². The van der Waals surface area contributed by atoms with Crippen LogP contribution in [0.3, 0.4) is 0 Å². The van der Waals surface area contributed by atoms with Gasteiger partial charge in [0.15, 0.2) is 0 Å². The topological polar surface area (TPSA) is 72.2 Å². The lowest BCUT2D eigenvalue weighted by atomic mass is 10.1. The Morgan fingerprint density at radius 3 is 2.50 bits per heavy atom. The van der Waals surface area contributed by atoms with Crippen molar-refractivity contribution in [2.75, 3.05) is 12.0 Å². The minimum Gasteiger partial charge on any atom is -0.388 e. The van der Waals surface area contributed by atoms with Gasteiger partial charge < -0.3 is 5.11 Å². The van der Waals surface area contributed by atoms with E-state index in [0.29, 0.717) is 16.4 Å². The molecule has 1 unspecified atom stereocenters. The highest BCUT2D eigenvalue weighted by molar-refractivity contribution is 7.90. The van der Waals surface area contributed by atoms with Crippen molar-refractivity contribution in [3.8, 4) is 0 Å². The second-order valence-corrected chi connectivity index (χ2v) is 6.47. The number of aromatic nitrogens is 2. The molecule has 0 radical (unpaired) electrons. The van der Waals surface area contributed by atoms with Crippen LogP contribution in [0.2, 0.25) is 5.15 Å². The Bertz CT molecular complexity index is 481. The molecule has 0 aromatic carbocycles. The van der Waals surface area contributed by atoms with Crippen LogP contribution in [0.1, 0.15) is 23.8 Å². The third-order valence-corrected chi connectivity index (χ3v) is 3.72. The van der Waals surface area contributed by atoms with Crippen LogP contribution in [0.15, 0.2) is 0 Å². The van der Waals surface area contributed by atoms with Gasteiger partial charge in [-0.2, -0.15) is 5.10 Å². The van der Waals surface area contributed by atoms with E-state index in [1.807, 2.05) is 0 Å². The fraction of sp³-hybridized carbons (Fsp3) is 0.667. The SMILES string of the molecule is Cc1nn(C)c(Cl)c1C(O)CCS(C)(=O)=O. The van der Waals surface area contributed by atoms with Crippen LogP contribution in [0.4, 0.5) is 0 Å². The van der Waals surface area contributed by atoms with Gasteiger partial charge in [-0.15, -0.1) is 0 Å². The monoisotopic (exact) mass is 266 g/mol. The maximum atomic E-state index is 11.0. The minimum atomic E-state index is -3.08. The summed E-state index contributed by atoms with van der Waals surface area (Å²) in [6.07, 6.45) is 0.374. The third kappa shape index (κ3) is 3.20. The molecule has 92 valence electrons. The smallest absolute Gasteiger partial charge is 0.147 e. The summed E-state index contributed by atoms with van der Waals surface area (Å²) in [6.45, 7) is 1.73. The Kier molecular flexibility index (Phi) is 3.98. The summed E-state index contributed by atoms with van der Waals surface area (Å²) < 4.78 is 23.4. The zero-order chi connectivity index (χ0) is 12.5. The molecular formula is C9H15ClN2O3S. The number of hydrogen-bond acceptors (Lipinski definition) is 4. The zero-order valence-electron chi connectivity index (χ0n) is 9.44. The molecule has 1 N–H and O–H groups in total. The molecule has 16 heavy (non-hydrogen) atoms. The van der Waals surface area contributed by atoms with Crippen molar-refractivity contribution in [2.24, 2.45) is 7.05 Å². The summed E-state index contributed by atoms with van der Waals surface area (Å²) in [5, 5.41) is 14.3. The highest BCUT2D eigenvalue weighted by Gasteiger charge is 2.20. The lowest BCUT2D eigenvalue weighted by Gasteiger charge is -2.09. The predicted octanol–water partition coefficient (Wildman–Crippen LogP) is 0.850. The van der Waals surface area contributed by atoms with E-state index < -0.39 is 15.9 Å². The van der Waals surface area contributed by atoms with Gasteiger partial charge in [0.2, 0.25) is 0 Å². The Balaban J connectivity index is 2.85. The van der Waals surface area contributed by atoms with Gasteiger partial charge >= 0.3 is 0 Å². The standard InChI is InChI=1S/C9H15ClN2O3S/c1-6-8(9(10)12(2)11-6)7(13)4-5-16(3,14)15/h7,13H,4-5H2,1-3H3. The van der Waals surface area contributed by atoms with Gasteiger partial charge in [-0.25, -0.2) is 8.42 Å². The lowest BCUT2D eigenvalue weighted by Crippen LogP contribution is -2.09. The largest absolute Gasteiger partial charge is 0.388 e. The van der Waals surface area contributed by atoms with Crippen molar-refractivity contribution in [3.63, 3.8) is 0 Å². The number of sulfone groups is 1. The summed E-state index contributed by atoms with van der Waals surface area (Å²) in [5.41, 5.74) is 1.13. The van der Waals surface area contributed by atoms with Gasteiger partial charge in [-0.1, -0.05) is 11.6 Å². The van der Waals surface area contributed by atoms with Crippen LogP contribution in [0, 0.1) is 6.92 Å². The molecule has 0 saturated heterocycles. The summed E-state index contributed by atoms with van der Waals surface area (Å²) in [5.74, 6) is -0.0706. The van der Waals surface area contributed by atoms with Gasteiger partial charge in [0.25, 0.3) is 0 Å². The summed E-state index contributed by atoms with van der Waals surface area (Å²) >= 11 is 5.95. The van der Waals surface area contributed by atoms with Crippen LogP contribution in [-0.2, 0) is 16.9 Å². The molecule has 0 aliphatic carbocycles. The van der Waals surface area contributed by atoms with E-state index in [1.54, 1.807) is 14.0 Å². The first kappa shape index (κ1) is 13.5. The fourth-order valence-corrected chi connectivity index (χ4v) is 2.45. The highest BCUT2D eigenvalue weighted by Crippen LogP contribution is 2.27. The number of aliphatic hydroxyl groups is 1. The Labute approximate surface area is 100.0 Å². The molecule has 7 heteroatoms. The highest BCUT2D eigenvalue weighted by atomic mass is 35.5. The van der Waals surface area contributed by atoms with Crippen molar-refractivity contribution in [3.05, 3.63) is 16.4 Å². The number of rotatable bonds is 4. The molecule has 0 aliphatic heterocycles. The molecule has 5 nitrogen and oxygen atoms in total. The quantitative estimate of drug-likeness (QED) is 0.877. The van der Waals surface area contributed by atoms with Crippen LogP contribution in [0.25, 0.3) is 0 Å². The van der Waals surface area contributed by atoms with Gasteiger partial charge in [-0.05, 0) is 13.3 Å². The van der Waals surface area contributed by atoms with E-state index in [9.17, 15) is 13.5 Å². The van der Waals surface area contributed by atoms with E-state index >= 15 is 0 Å². The Hall–Kier alpha value is -0.590. The van der Waals surface area contributed by atoms with Crippen molar-refractivity contribution in [1.29, 1.82) is 0 Å². The second kappa shape index (κ2) is 4.73. The van der Waals surface area contributed by atoms with Gasteiger partial charge in [0.05, 0.1) is 17.6 Å². The lowest BCUT2D eigenvalue weighted by molar-refractivity contribution is 0.173. The Morgan fingerprint density at radius 2 is 2.12 bits per heavy atom. The van der Waals surface area contributed by atoms with E-state index in [1.165, 1.54) is 4.68 Å². The van der Waals surface area contributed by atoms with E-state index in [4.69, 9.17) is 11.6 Å². The molecule has 0 saturated carbocycles. The molecule has 0 fully saturated rings. The first-order valence-electron chi connectivity index (χ1n) is 4.77. The van der Waals surface area contributed by atoms with E-state index in [0.717, 1.165) is 6.26 Å². The molecule has 0 spiro atoms. The number of aliphatic hydroxyl groups excluding tert-OH is 1. The third-order valence-electron chi connectivity index (χ3n) is 2.29. The normalized spacial score (nSPS) is 14.1. The molecule has 1 heterocycles. The molecule has 1 aromatic heterocycles. The second-order valence-electron chi connectivity index (χ2n) is 3.85. The summed E-state index contributed by atoms with van der Waals surface area (Å²) in [7, 11) is -1.41. The average molecular weight is 267 g/mol. The van der Waals surface area contributed by atoms with Crippen molar-refractivity contribution < 1.29 is 13.5 Å². The fourth-order valence-electron chi connectivity index (χ4n) is 1.50. The predicted molar refractivity (Wildman–Crippen MR) is 62.2 cm³/mol. The minimum absolute atomic E-state index is 0.0706. The number of hydrogen-bond donors (Lipinski definition) is 1. The molecule has 0 bridgehead atoms. The summed E-state index contributed by atoms with van der Waals surface area (Å²) in [6, 6.07) is 0. The maximum absolute atomic E-state index is 11.0.